The number of alkyl carbamates (subject to hydrolysis) is 1. The first kappa shape index (κ1) is 17.7. The summed E-state index contributed by atoms with van der Waals surface area (Å²) in [5.41, 5.74) is 4.92. The Kier molecular flexibility index (Phi) is 7.47. The molecule has 0 aromatic rings. The summed E-state index contributed by atoms with van der Waals surface area (Å²) in [5.74, 6) is -0.110. The van der Waals surface area contributed by atoms with Crippen LogP contribution in [0.1, 0.15) is 27.7 Å². The van der Waals surface area contributed by atoms with E-state index in [0.717, 1.165) is 0 Å². The average Bonchev–Trinajstić information content (AvgIpc) is 2.20. The Bertz CT molecular complexity index is 341. The third-order valence-corrected chi connectivity index (χ3v) is 2.62. The van der Waals surface area contributed by atoms with E-state index in [1.165, 1.54) is 18.7 Å². The number of nitrogens with one attached hydrogen (secondary N) is 2. The molecule has 0 radical (unpaired) electrons. The summed E-state index contributed by atoms with van der Waals surface area (Å²) < 4.78 is 4.93. The van der Waals surface area contributed by atoms with Gasteiger partial charge < -0.3 is 15.8 Å². The third-order valence-electron chi connectivity index (χ3n) is 1.68. The second-order valence-corrected chi connectivity index (χ2v) is 5.88. The fourth-order valence-electron chi connectivity index (χ4n) is 0.911. The number of hydrogen-bond acceptors (Lipinski definition) is 6. The summed E-state index contributed by atoms with van der Waals surface area (Å²) in [4.78, 5) is 33.5. The van der Waals surface area contributed by atoms with Crippen molar-refractivity contribution >= 4 is 29.7 Å². The van der Waals surface area contributed by atoms with Crippen LogP contribution in [-0.2, 0) is 14.3 Å². The first-order valence-corrected chi connectivity index (χ1v) is 6.89. The van der Waals surface area contributed by atoms with Crippen LogP contribution in [0.25, 0.3) is 0 Å². The maximum Gasteiger partial charge on any atom is 0.414 e. The molecule has 0 unspecified atom stereocenters. The normalized spacial score (nSPS) is 12.5. The molecule has 8 heteroatoms. The van der Waals surface area contributed by atoms with Crippen LogP contribution in [0.5, 0.6) is 0 Å². The predicted octanol–water partition coefficient (Wildman–Crippen LogP) is 0.192. The van der Waals surface area contributed by atoms with Crippen LogP contribution >= 0.6 is 11.8 Å². The molecule has 0 aliphatic carbocycles. The maximum atomic E-state index is 11.5. The summed E-state index contributed by atoms with van der Waals surface area (Å²) in [6.45, 7) is 6.48. The fraction of sp³-hybridized carbons (Fsp3) is 0.727. The van der Waals surface area contributed by atoms with Gasteiger partial charge in [0.15, 0.2) is 0 Å². The van der Waals surface area contributed by atoms with Gasteiger partial charge in [-0.25, -0.2) is 4.79 Å². The van der Waals surface area contributed by atoms with Gasteiger partial charge in [0, 0.05) is 12.7 Å². The fourth-order valence-corrected chi connectivity index (χ4v) is 1.74. The summed E-state index contributed by atoms with van der Waals surface area (Å²) in [6.07, 6.45) is -0.820. The van der Waals surface area contributed by atoms with E-state index in [1.54, 1.807) is 20.8 Å². The van der Waals surface area contributed by atoms with Crippen LogP contribution in [0.3, 0.4) is 0 Å². The molecule has 0 aromatic heterocycles. The van der Waals surface area contributed by atoms with E-state index in [4.69, 9.17) is 10.5 Å². The summed E-state index contributed by atoms with van der Waals surface area (Å²) >= 11 is 1.29. The van der Waals surface area contributed by atoms with Gasteiger partial charge in [-0.05, 0) is 20.8 Å². The van der Waals surface area contributed by atoms with Gasteiger partial charge in [0.2, 0.25) is 11.8 Å². The lowest BCUT2D eigenvalue weighted by Crippen LogP contribution is -2.46. The summed E-state index contributed by atoms with van der Waals surface area (Å²) in [6, 6.07) is -0.841. The molecule has 0 spiro atoms. The largest absolute Gasteiger partial charge is 0.444 e. The lowest BCUT2D eigenvalue weighted by molar-refractivity contribution is -0.121. The van der Waals surface area contributed by atoms with E-state index in [-0.39, 0.29) is 11.7 Å². The highest BCUT2D eigenvalue weighted by Gasteiger charge is 2.21. The number of imide groups is 1. The van der Waals surface area contributed by atoms with Crippen molar-refractivity contribution in [2.24, 2.45) is 5.73 Å². The van der Waals surface area contributed by atoms with Gasteiger partial charge in [-0.15, -0.1) is 11.8 Å². The van der Waals surface area contributed by atoms with E-state index in [9.17, 15) is 14.4 Å². The molecule has 19 heavy (non-hydrogen) atoms. The molecule has 0 heterocycles. The minimum atomic E-state index is -0.841. The van der Waals surface area contributed by atoms with E-state index in [2.05, 4.69) is 10.6 Å². The molecular formula is C11H21N3O4S. The number of carbonyl (C=O) groups is 3. The van der Waals surface area contributed by atoms with Crippen molar-refractivity contribution in [3.63, 3.8) is 0 Å². The highest BCUT2D eigenvalue weighted by atomic mass is 32.2. The van der Waals surface area contributed by atoms with Crippen LogP contribution in [0.4, 0.5) is 4.79 Å². The van der Waals surface area contributed by atoms with Crippen LogP contribution < -0.4 is 16.4 Å². The van der Waals surface area contributed by atoms with E-state index in [1.807, 2.05) is 0 Å². The van der Waals surface area contributed by atoms with Crippen molar-refractivity contribution < 1.29 is 19.1 Å². The zero-order chi connectivity index (χ0) is 15.1. The van der Waals surface area contributed by atoms with Crippen molar-refractivity contribution in [2.75, 3.05) is 11.6 Å². The highest BCUT2D eigenvalue weighted by molar-refractivity contribution is 7.99. The third kappa shape index (κ3) is 10.3. The van der Waals surface area contributed by atoms with E-state index < -0.39 is 23.6 Å². The quantitative estimate of drug-likeness (QED) is 0.492. The molecule has 0 bridgehead atoms. The van der Waals surface area contributed by atoms with Gasteiger partial charge in [-0.2, -0.15) is 0 Å². The Hall–Kier alpha value is -1.28. The van der Waals surface area contributed by atoms with Crippen LogP contribution in [-0.4, -0.2) is 41.2 Å². The van der Waals surface area contributed by atoms with Gasteiger partial charge in [-0.1, -0.05) is 0 Å². The van der Waals surface area contributed by atoms with Gasteiger partial charge in [0.05, 0.1) is 11.9 Å². The molecule has 0 rings (SSSR count). The summed E-state index contributed by atoms with van der Waals surface area (Å²) in [7, 11) is 0. The maximum absolute atomic E-state index is 11.5. The Morgan fingerprint density at radius 3 is 2.37 bits per heavy atom. The Balaban J connectivity index is 3.93. The molecular weight excluding hydrogens is 270 g/mol. The Morgan fingerprint density at radius 2 is 1.89 bits per heavy atom. The average molecular weight is 291 g/mol. The number of carbonyl (C=O) groups excluding carboxylic acids is 3. The van der Waals surface area contributed by atoms with Crippen molar-refractivity contribution in [3.8, 4) is 0 Å². The predicted molar refractivity (Wildman–Crippen MR) is 73.5 cm³/mol. The van der Waals surface area contributed by atoms with Crippen LogP contribution in [0.15, 0.2) is 0 Å². The first-order chi connectivity index (χ1) is 8.61. The van der Waals surface area contributed by atoms with Crippen molar-refractivity contribution in [3.05, 3.63) is 0 Å². The molecule has 0 saturated carbocycles. The standard InChI is InChI=1S/C11H21N3O4S/c1-7(15)13-6-19-5-8(12)9(16)14-10(17)18-11(2,3)4/h8H,5-6,12H2,1-4H3,(H,13,15)(H,14,16,17)/t8-/m0/s1. The molecule has 0 fully saturated rings. The Morgan fingerprint density at radius 1 is 1.32 bits per heavy atom. The number of rotatable bonds is 5. The molecule has 1 atom stereocenters. The lowest BCUT2D eigenvalue weighted by Gasteiger charge is -2.20. The zero-order valence-electron chi connectivity index (χ0n) is 11.6. The lowest BCUT2D eigenvalue weighted by atomic mass is 10.2. The zero-order valence-corrected chi connectivity index (χ0v) is 12.4. The number of nitrogens with two attached hydrogens (primary N) is 1. The molecule has 0 saturated heterocycles. The van der Waals surface area contributed by atoms with Gasteiger partial charge >= 0.3 is 6.09 Å². The molecule has 3 amide bonds. The summed E-state index contributed by atoms with van der Waals surface area (Å²) in [5, 5.41) is 4.62. The van der Waals surface area contributed by atoms with Gasteiger partial charge in [-0.3, -0.25) is 14.9 Å². The van der Waals surface area contributed by atoms with Crippen molar-refractivity contribution in [2.45, 2.75) is 39.3 Å². The van der Waals surface area contributed by atoms with Crippen LogP contribution in [0, 0.1) is 0 Å². The SMILES string of the molecule is CC(=O)NCSC[C@H](N)C(=O)NC(=O)OC(C)(C)C. The van der Waals surface area contributed by atoms with Gasteiger partial charge in [0.1, 0.15) is 5.60 Å². The second-order valence-electron chi connectivity index (χ2n) is 4.85. The molecule has 0 aliphatic rings. The first-order valence-electron chi connectivity index (χ1n) is 5.73. The van der Waals surface area contributed by atoms with Gasteiger partial charge in [0.25, 0.3) is 0 Å². The molecule has 4 N–H and O–H groups in total. The van der Waals surface area contributed by atoms with E-state index >= 15 is 0 Å². The molecule has 0 aliphatic heterocycles. The molecule has 110 valence electrons. The Labute approximate surface area is 117 Å². The smallest absolute Gasteiger partial charge is 0.414 e. The molecule has 7 nitrogen and oxygen atoms in total. The van der Waals surface area contributed by atoms with Crippen LogP contribution in [0.2, 0.25) is 0 Å². The minimum Gasteiger partial charge on any atom is -0.444 e. The second kappa shape index (κ2) is 8.00. The number of ether oxygens (including phenoxy) is 1. The minimum absolute atomic E-state index is 0.153. The topological polar surface area (TPSA) is 111 Å². The number of amides is 3. The number of thioether (sulfide) groups is 1. The van der Waals surface area contributed by atoms with E-state index in [0.29, 0.717) is 5.88 Å². The highest BCUT2D eigenvalue weighted by Crippen LogP contribution is 2.06. The van der Waals surface area contributed by atoms with Crippen molar-refractivity contribution in [1.29, 1.82) is 0 Å². The number of hydrogen-bond donors (Lipinski definition) is 3. The monoisotopic (exact) mass is 291 g/mol. The molecule has 0 aromatic carbocycles. The van der Waals surface area contributed by atoms with Crippen molar-refractivity contribution in [1.82, 2.24) is 10.6 Å².